The van der Waals surface area contributed by atoms with Gasteiger partial charge in [-0.3, -0.25) is 9.69 Å². The molecule has 0 bridgehead atoms. The van der Waals surface area contributed by atoms with Crippen LogP contribution in [0.15, 0.2) is 17.5 Å². The van der Waals surface area contributed by atoms with Crippen molar-refractivity contribution in [2.75, 3.05) is 32.7 Å². The Balaban J connectivity index is 1.86. The molecule has 112 valence electrons. The Bertz CT molecular complexity index is 441. The van der Waals surface area contributed by atoms with Crippen LogP contribution in [0, 0.1) is 0 Å². The zero-order chi connectivity index (χ0) is 14.8. The Hall–Kier alpha value is -1.12. The van der Waals surface area contributed by atoms with Crippen molar-refractivity contribution in [3.05, 3.63) is 22.4 Å². The van der Waals surface area contributed by atoms with E-state index in [1.165, 1.54) is 21.1 Å². The summed E-state index contributed by atoms with van der Waals surface area (Å²) < 4.78 is 36.8. The second kappa shape index (κ2) is 6.11. The molecule has 0 aliphatic carbocycles. The highest BCUT2D eigenvalue weighted by Gasteiger charge is 2.33. The lowest BCUT2D eigenvalue weighted by atomic mass is 10.2. The van der Waals surface area contributed by atoms with Crippen molar-refractivity contribution >= 4 is 17.2 Å². The second-order valence-electron chi connectivity index (χ2n) is 4.71. The molecule has 0 spiro atoms. The summed E-state index contributed by atoms with van der Waals surface area (Å²) in [7, 11) is 0. The van der Waals surface area contributed by atoms with Crippen LogP contribution in [0.5, 0.6) is 0 Å². The van der Waals surface area contributed by atoms with E-state index >= 15 is 0 Å². The zero-order valence-corrected chi connectivity index (χ0v) is 11.6. The smallest absolute Gasteiger partial charge is 0.338 e. The molecule has 1 atom stereocenters. The summed E-state index contributed by atoms with van der Waals surface area (Å²) in [6.45, 7) is 0.0960. The number of alkyl halides is 3. The maximum absolute atomic E-state index is 12.3. The number of amides is 1. The third-order valence-electron chi connectivity index (χ3n) is 3.20. The fraction of sp³-hybridized carbons (Fsp3) is 0.583. The van der Waals surface area contributed by atoms with Crippen LogP contribution < -0.4 is 5.73 Å². The average molecular weight is 307 g/mol. The van der Waals surface area contributed by atoms with Crippen LogP contribution in [0.2, 0.25) is 0 Å². The molecule has 8 heteroatoms. The van der Waals surface area contributed by atoms with Crippen LogP contribution in [0.4, 0.5) is 13.2 Å². The molecule has 20 heavy (non-hydrogen) atoms. The van der Waals surface area contributed by atoms with E-state index in [1.54, 1.807) is 6.07 Å². The van der Waals surface area contributed by atoms with E-state index in [2.05, 4.69) is 0 Å². The van der Waals surface area contributed by atoms with E-state index in [0.717, 1.165) is 4.88 Å². The second-order valence-corrected chi connectivity index (χ2v) is 5.69. The highest BCUT2D eigenvalue weighted by molar-refractivity contribution is 7.10. The van der Waals surface area contributed by atoms with E-state index in [9.17, 15) is 18.0 Å². The number of nitrogens with zero attached hydrogens (tertiary/aromatic N) is 2. The topological polar surface area (TPSA) is 49.6 Å². The van der Waals surface area contributed by atoms with E-state index in [-0.39, 0.29) is 32.1 Å². The summed E-state index contributed by atoms with van der Waals surface area (Å²) in [5.41, 5.74) is 5.88. The standard InChI is InChI=1S/C12H16F3N3OS/c13-12(14,15)8-17-3-5-18(6-4-17)11(19)10(16)9-2-1-7-20-9/h1-2,7,10H,3-6,8,16H2. The maximum atomic E-state index is 12.3. The van der Waals surface area contributed by atoms with Crippen molar-refractivity contribution in [1.29, 1.82) is 0 Å². The quantitative estimate of drug-likeness (QED) is 0.919. The van der Waals surface area contributed by atoms with Gasteiger partial charge in [0.05, 0.1) is 6.54 Å². The number of thiophene rings is 1. The largest absolute Gasteiger partial charge is 0.401 e. The molecule has 1 aromatic heterocycles. The molecule has 2 N–H and O–H groups in total. The first kappa shape index (κ1) is 15.3. The Morgan fingerprint density at radius 3 is 2.50 bits per heavy atom. The average Bonchev–Trinajstić information content (AvgIpc) is 2.90. The van der Waals surface area contributed by atoms with Gasteiger partial charge in [-0.25, -0.2) is 0 Å². The fourth-order valence-corrected chi connectivity index (χ4v) is 2.89. The summed E-state index contributed by atoms with van der Waals surface area (Å²) in [6, 6.07) is 2.88. The molecule has 0 saturated carbocycles. The minimum atomic E-state index is -4.19. The van der Waals surface area contributed by atoms with Crippen molar-refractivity contribution in [3.63, 3.8) is 0 Å². The summed E-state index contributed by atoms with van der Waals surface area (Å²) in [4.78, 5) is 15.8. The summed E-state index contributed by atoms with van der Waals surface area (Å²) in [5, 5.41) is 1.84. The molecule has 1 unspecified atom stereocenters. The van der Waals surface area contributed by atoms with Crippen LogP contribution in [0.1, 0.15) is 10.9 Å². The van der Waals surface area contributed by atoms with Crippen molar-refractivity contribution in [3.8, 4) is 0 Å². The Morgan fingerprint density at radius 1 is 1.35 bits per heavy atom. The molecule has 0 radical (unpaired) electrons. The van der Waals surface area contributed by atoms with Gasteiger partial charge in [-0.2, -0.15) is 13.2 Å². The number of carbonyl (C=O) groups excluding carboxylic acids is 1. The molecule has 1 amide bonds. The highest BCUT2D eigenvalue weighted by atomic mass is 32.1. The number of nitrogens with two attached hydrogens (primary N) is 1. The molecule has 1 aromatic rings. The van der Waals surface area contributed by atoms with Crippen LogP contribution in [0.3, 0.4) is 0 Å². The summed E-state index contributed by atoms with van der Waals surface area (Å²) in [6.07, 6.45) is -4.19. The molecule has 0 aromatic carbocycles. The SMILES string of the molecule is NC(C(=O)N1CCN(CC(F)(F)F)CC1)c1cccs1. The molecule has 2 rings (SSSR count). The minimum Gasteiger partial charge on any atom is -0.338 e. The van der Waals surface area contributed by atoms with Gasteiger partial charge in [-0.05, 0) is 11.4 Å². The van der Waals surface area contributed by atoms with Crippen LogP contribution in [-0.2, 0) is 4.79 Å². The number of piperazine rings is 1. The number of hydrogen-bond donors (Lipinski definition) is 1. The number of carbonyl (C=O) groups is 1. The zero-order valence-electron chi connectivity index (χ0n) is 10.8. The third kappa shape index (κ3) is 3.94. The molecule has 1 aliphatic rings. The minimum absolute atomic E-state index is 0.223. The highest BCUT2D eigenvalue weighted by Crippen LogP contribution is 2.21. The van der Waals surface area contributed by atoms with Gasteiger partial charge in [0.1, 0.15) is 6.04 Å². The Labute approximate surface area is 119 Å². The predicted molar refractivity (Wildman–Crippen MR) is 70.3 cm³/mol. The molecule has 1 fully saturated rings. The molecular formula is C12H16F3N3OS. The Morgan fingerprint density at radius 2 is 2.00 bits per heavy atom. The van der Waals surface area contributed by atoms with Crippen molar-refractivity contribution < 1.29 is 18.0 Å². The van der Waals surface area contributed by atoms with Crippen molar-refractivity contribution in [2.45, 2.75) is 12.2 Å². The van der Waals surface area contributed by atoms with Crippen molar-refractivity contribution in [1.82, 2.24) is 9.80 Å². The van der Waals surface area contributed by atoms with Crippen LogP contribution >= 0.6 is 11.3 Å². The van der Waals surface area contributed by atoms with Gasteiger partial charge in [0.2, 0.25) is 5.91 Å². The van der Waals surface area contributed by atoms with Gasteiger partial charge < -0.3 is 10.6 Å². The van der Waals surface area contributed by atoms with Crippen LogP contribution in [-0.4, -0.2) is 54.6 Å². The van der Waals surface area contributed by atoms with E-state index in [1.807, 2.05) is 11.4 Å². The lowest BCUT2D eigenvalue weighted by Gasteiger charge is -2.35. The first-order chi connectivity index (χ1) is 9.37. The monoisotopic (exact) mass is 307 g/mol. The van der Waals surface area contributed by atoms with E-state index in [4.69, 9.17) is 5.73 Å². The lowest BCUT2D eigenvalue weighted by molar-refractivity contribution is -0.152. The summed E-state index contributed by atoms with van der Waals surface area (Å²) >= 11 is 1.40. The fourth-order valence-electron chi connectivity index (χ4n) is 2.17. The van der Waals surface area contributed by atoms with Gasteiger partial charge in [-0.15, -0.1) is 11.3 Å². The maximum Gasteiger partial charge on any atom is 0.401 e. The predicted octanol–water partition coefficient (Wildman–Crippen LogP) is 1.45. The number of halogens is 3. The van der Waals surface area contributed by atoms with Gasteiger partial charge in [0, 0.05) is 31.1 Å². The first-order valence-corrected chi connectivity index (χ1v) is 7.11. The third-order valence-corrected chi connectivity index (χ3v) is 4.16. The Kier molecular flexibility index (Phi) is 4.66. The molecular weight excluding hydrogens is 291 g/mol. The molecule has 1 saturated heterocycles. The molecule has 4 nitrogen and oxygen atoms in total. The lowest BCUT2D eigenvalue weighted by Crippen LogP contribution is -2.52. The molecule has 2 heterocycles. The first-order valence-electron chi connectivity index (χ1n) is 6.24. The number of hydrogen-bond acceptors (Lipinski definition) is 4. The van der Waals surface area contributed by atoms with Gasteiger partial charge in [-0.1, -0.05) is 6.07 Å². The van der Waals surface area contributed by atoms with Gasteiger partial charge >= 0.3 is 6.18 Å². The molecule has 1 aliphatic heterocycles. The normalized spacial score (nSPS) is 19.1. The van der Waals surface area contributed by atoms with Gasteiger partial charge in [0.15, 0.2) is 0 Å². The van der Waals surface area contributed by atoms with E-state index in [0.29, 0.717) is 0 Å². The number of rotatable bonds is 3. The van der Waals surface area contributed by atoms with E-state index < -0.39 is 18.8 Å². The van der Waals surface area contributed by atoms with Crippen LogP contribution in [0.25, 0.3) is 0 Å². The van der Waals surface area contributed by atoms with Crippen molar-refractivity contribution in [2.24, 2.45) is 5.73 Å². The summed E-state index contributed by atoms with van der Waals surface area (Å²) in [5.74, 6) is -0.223. The van der Waals surface area contributed by atoms with Gasteiger partial charge in [0.25, 0.3) is 0 Å².